The van der Waals surface area contributed by atoms with Crippen molar-refractivity contribution in [1.29, 1.82) is 0 Å². The van der Waals surface area contributed by atoms with E-state index in [1.807, 2.05) is 26.0 Å². The fourth-order valence-electron chi connectivity index (χ4n) is 2.25. The van der Waals surface area contributed by atoms with E-state index in [1.54, 1.807) is 0 Å². The predicted octanol–water partition coefficient (Wildman–Crippen LogP) is 2.23. The first kappa shape index (κ1) is 12.7. The van der Waals surface area contributed by atoms with Crippen LogP contribution in [0.1, 0.15) is 11.1 Å². The number of amides is 1. The Bertz CT molecular complexity index is 431. The van der Waals surface area contributed by atoms with Crippen molar-refractivity contribution in [2.24, 2.45) is 0 Å². The minimum absolute atomic E-state index is 0.680. The van der Waals surface area contributed by atoms with E-state index in [0.717, 1.165) is 43.1 Å². The lowest BCUT2D eigenvalue weighted by atomic mass is 10.1. The highest BCUT2D eigenvalue weighted by atomic mass is 16.5. The third kappa shape index (κ3) is 2.73. The summed E-state index contributed by atoms with van der Waals surface area (Å²) in [6.45, 7) is 7.08. The van der Waals surface area contributed by atoms with Gasteiger partial charge < -0.3 is 14.7 Å². The molecule has 1 saturated heterocycles. The monoisotopic (exact) mass is 250 g/mol. The Kier molecular flexibility index (Phi) is 3.72. The molecule has 2 rings (SSSR count). The summed E-state index contributed by atoms with van der Waals surface area (Å²) < 4.78 is 5.33. The Morgan fingerprint density at radius 2 is 1.83 bits per heavy atom. The molecule has 1 aromatic rings. The molecule has 1 fully saturated rings. The van der Waals surface area contributed by atoms with Crippen LogP contribution in [0.15, 0.2) is 12.1 Å². The molecule has 0 unspecified atom stereocenters. The summed E-state index contributed by atoms with van der Waals surface area (Å²) in [5, 5.41) is 11.2. The Morgan fingerprint density at radius 3 is 2.33 bits per heavy atom. The van der Waals surface area contributed by atoms with Crippen molar-refractivity contribution in [3.05, 3.63) is 23.3 Å². The van der Waals surface area contributed by atoms with Crippen molar-refractivity contribution in [3.63, 3.8) is 0 Å². The van der Waals surface area contributed by atoms with E-state index in [-0.39, 0.29) is 0 Å². The van der Waals surface area contributed by atoms with Gasteiger partial charge in [0.05, 0.1) is 13.2 Å². The molecule has 0 aromatic heterocycles. The van der Waals surface area contributed by atoms with Crippen LogP contribution in [0.4, 0.5) is 16.2 Å². The Balaban J connectivity index is 2.26. The lowest BCUT2D eigenvalue weighted by Crippen LogP contribution is -2.36. The highest BCUT2D eigenvalue weighted by molar-refractivity contribution is 5.86. The van der Waals surface area contributed by atoms with Crippen LogP contribution in [-0.4, -0.2) is 37.5 Å². The number of hydrogen-bond acceptors (Lipinski definition) is 3. The molecule has 2 N–H and O–H groups in total. The van der Waals surface area contributed by atoms with Crippen molar-refractivity contribution in [2.75, 3.05) is 36.5 Å². The molecular weight excluding hydrogens is 232 g/mol. The molecular formula is C13H18N2O3. The molecule has 5 nitrogen and oxygen atoms in total. The molecule has 0 radical (unpaired) electrons. The van der Waals surface area contributed by atoms with Gasteiger partial charge in [0.2, 0.25) is 0 Å². The molecule has 1 aromatic carbocycles. The van der Waals surface area contributed by atoms with Crippen molar-refractivity contribution >= 4 is 17.5 Å². The summed E-state index contributed by atoms with van der Waals surface area (Å²) in [7, 11) is 0. The van der Waals surface area contributed by atoms with Gasteiger partial charge in [-0.2, -0.15) is 0 Å². The fraction of sp³-hybridized carbons (Fsp3) is 0.462. The number of carbonyl (C=O) groups is 1. The molecule has 0 atom stereocenters. The van der Waals surface area contributed by atoms with E-state index in [1.165, 1.54) is 0 Å². The quantitative estimate of drug-likeness (QED) is 0.845. The third-order valence-corrected chi connectivity index (χ3v) is 3.13. The Labute approximate surface area is 106 Å². The van der Waals surface area contributed by atoms with Gasteiger partial charge in [-0.05, 0) is 37.1 Å². The first-order valence-electron chi connectivity index (χ1n) is 6.02. The zero-order valence-electron chi connectivity index (χ0n) is 10.7. The topological polar surface area (TPSA) is 61.8 Å². The van der Waals surface area contributed by atoms with E-state index in [0.29, 0.717) is 5.69 Å². The van der Waals surface area contributed by atoms with Crippen LogP contribution in [0, 0.1) is 13.8 Å². The molecule has 5 heteroatoms. The van der Waals surface area contributed by atoms with Gasteiger partial charge in [-0.25, -0.2) is 4.79 Å². The standard InChI is InChI=1S/C13H18N2O3/c1-9-7-11(15-3-5-18-6-4-15)8-10(2)12(9)14-13(16)17/h7-8,14H,3-6H2,1-2H3,(H,16,17). The van der Waals surface area contributed by atoms with Crippen LogP contribution in [-0.2, 0) is 4.74 Å². The highest BCUT2D eigenvalue weighted by Gasteiger charge is 2.14. The van der Waals surface area contributed by atoms with Gasteiger partial charge in [-0.15, -0.1) is 0 Å². The van der Waals surface area contributed by atoms with Gasteiger partial charge in [0.15, 0.2) is 0 Å². The number of nitrogens with zero attached hydrogens (tertiary/aromatic N) is 1. The zero-order chi connectivity index (χ0) is 13.1. The summed E-state index contributed by atoms with van der Waals surface area (Å²) in [5.41, 5.74) is 3.70. The van der Waals surface area contributed by atoms with Crippen LogP contribution in [0.25, 0.3) is 0 Å². The predicted molar refractivity (Wildman–Crippen MR) is 70.6 cm³/mol. The van der Waals surface area contributed by atoms with E-state index >= 15 is 0 Å². The van der Waals surface area contributed by atoms with E-state index in [2.05, 4.69) is 10.2 Å². The maximum absolute atomic E-state index is 10.7. The number of morpholine rings is 1. The first-order chi connectivity index (χ1) is 8.58. The first-order valence-corrected chi connectivity index (χ1v) is 6.02. The minimum Gasteiger partial charge on any atom is -0.465 e. The largest absolute Gasteiger partial charge is 0.465 e. The maximum Gasteiger partial charge on any atom is 0.409 e. The number of rotatable bonds is 2. The number of aryl methyl sites for hydroxylation is 2. The average Bonchev–Trinajstić information content (AvgIpc) is 2.34. The number of carboxylic acid groups (broad SMARTS) is 1. The molecule has 0 bridgehead atoms. The van der Waals surface area contributed by atoms with Gasteiger partial charge in [-0.3, -0.25) is 5.32 Å². The number of benzene rings is 1. The van der Waals surface area contributed by atoms with Crippen LogP contribution in [0.5, 0.6) is 0 Å². The van der Waals surface area contributed by atoms with Crippen LogP contribution >= 0.6 is 0 Å². The Hall–Kier alpha value is -1.75. The number of anilines is 2. The SMILES string of the molecule is Cc1cc(N2CCOCC2)cc(C)c1NC(=O)O. The lowest BCUT2D eigenvalue weighted by molar-refractivity contribution is 0.122. The highest BCUT2D eigenvalue weighted by Crippen LogP contribution is 2.27. The van der Waals surface area contributed by atoms with Gasteiger partial charge >= 0.3 is 6.09 Å². The van der Waals surface area contributed by atoms with Crippen molar-refractivity contribution < 1.29 is 14.6 Å². The molecule has 18 heavy (non-hydrogen) atoms. The molecule has 98 valence electrons. The van der Waals surface area contributed by atoms with Crippen LogP contribution in [0.2, 0.25) is 0 Å². The summed E-state index contributed by atoms with van der Waals surface area (Å²) in [6.07, 6.45) is -1.03. The summed E-state index contributed by atoms with van der Waals surface area (Å²) >= 11 is 0. The maximum atomic E-state index is 10.7. The molecule has 0 saturated carbocycles. The third-order valence-electron chi connectivity index (χ3n) is 3.13. The number of nitrogens with one attached hydrogen (secondary N) is 1. The van der Waals surface area contributed by atoms with E-state index < -0.39 is 6.09 Å². The Morgan fingerprint density at radius 1 is 1.28 bits per heavy atom. The van der Waals surface area contributed by atoms with Crippen molar-refractivity contribution in [2.45, 2.75) is 13.8 Å². The van der Waals surface area contributed by atoms with Gasteiger partial charge in [0, 0.05) is 24.5 Å². The smallest absolute Gasteiger partial charge is 0.409 e. The molecule has 1 aliphatic rings. The summed E-state index contributed by atoms with van der Waals surface area (Å²) in [6, 6.07) is 4.03. The van der Waals surface area contributed by atoms with Crippen LogP contribution < -0.4 is 10.2 Å². The van der Waals surface area contributed by atoms with Crippen molar-refractivity contribution in [3.8, 4) is 0 Å². The lowest BCUT2D eigenvalue weighted by Gasteiger charge is -2.30. The van der Waals surface area contributed by atoms with Crippen molar-refractivity contribution in [1.82, 2.24) is 0 Å². The molecule has 0 spiro atoms. The second kappa shape index (κ2) is 5.27. The molecule has 0 aliphatic carbocycles. The second-order valence-corrected chi connectivity index (χ2v) is 4.48. The zero-order valence-corrected chi connectivity index (χ0v) is 10.7. The minimum atomic E-state index is -1.03. The number of ether oxygens (including phenoxy) is 1. The summed E-state index contributed by atoms with van der Waals surface area (Å²) in [4.78, 5) is 13.0. The fourth-order valence-corrected chi connectivity index (χ4v) is 2.25. The van der Waals surface area contributed by atoms with Gasteiger partial charge in [0.1, 0.15) is 0 Å². The van der Waals surface area contributed by atoms with E-state index in [9.17, 15) is 4.79 Å². The molecule has 1 aliphatic heterocycles. The normalized spacial score (nSPS) is 15.6. The van der Waals surface area contributed by atoms with Crippen LogP contribution in [0.3, 0.4) is 0 Å². The average molecular weight is 250 g/mol. The second-order valence-electron chi connectivity index (χ2n) is 4.48. The molecule has 1 heterocycles. The summed E-state index contributed by atoms with van der Waals surface area (Å²) in [5.74, 6) is 0. The molecule has 1 amide bonds. The van der Waals surface area contributed by atoms with Gasteiger partial charge in [-0.1, -0.05) is 0 Å². The van der Waals surface area contributed by atoms with Gasteiger partial charge in [0.25, 0.3) is 0 Å². The van der Waals surface area contributed by atoms with E-state index in [4.69, 9.17) is 9.84 Å². The number of hydrogen-bond donors (Lipinski definition) is 2.